The van der Waals surface area contributed by atoms with E-state index in [0.717, 1.165) is 11.1 Å². The minimum atomic E-state index is -0.303. The molecule has 0 spiro atoms. The van der Waals surface area contributed by atoms with Crippen molar-refractivity contribution in [2.45, 2.75) is 26.9 Å². The number of nitrogens with zero attached hydrogens (tertiary/aromatic N) is 1. The Labute approximate surface area is 122 Å². The number of aryl methyl sites for hydroxylation is 1. The first-order chi connectivity index (χ1) is 10.0. The molecule has 1 aromatic heterocycles. The fourth-order valence-electron chi connectivity index (χ4n) is 1.82. The lowest BCUT2D eigenvalue weighted by Gasteiger charge is -2.06. The van der Waals surface area contributed by atoms with E-state index >= 15 is 0 Å². The molecular weight excluding hydrogens is 270 g/mol. The molecule has 1 aromatic carbocycles. The van der Waals surface area contributed by atoms with E-state index < -0.39 is 0 Å². The minimum absolute atomic E-state index is 0.0746. The Kier molecular flexibility index (Phi) is 4.71. The summed E-state index contributed by atoms with van der Waals surface area (Å²) in [5.41, 5.74) is 2.59. The average molecular weight is 287 g/mol. The van der Waals surface area contributed by atoms with E-state index in [9.17, 15) is 9.59 Å². The fraction of sp³-hybridized carbons (Fsp3) is 0.267. The molecule has 0 saturated heterocycles. The molecule has 0 radical (unpaired) electrons. The van der Waals surface area contributed by atoms with Crippen LogP contribution < -0.4 is 10.6 Å². The first kappa shape index (κ1) is 14.8. The Morgan fingerprint density at radius 2 is 1.81 bits per heavy atom. The monoisotopic (exact) mass is 287 g/mol. The third kappa shape index (κ3) is 4.45. The van der Waals surface area contributed by atoms with Crippen LogP contribution in [-0.2, 0) is 17.9 Å². The van der Waals surface area contributed by atoms with Gasteiger partial charge in [-0.2, -0.15) is 0 Å². The Morgan fingerprint density at radius 3 is 2.38 bits per heavy atom. The van der Waals surface area contributed by atoms with Gasteiger partial charge in [0.25, 0.3) is 5.91 Å². The second-order valence-corrected chi connectivity index (χ2v) is 4.74. The maximum Gasteiger partial charge on any atom is 0.290 e. The third-order valence-electron chi connectivity index (χ3n) is 2.84. The molecule has 0 atom stereocenters. The van der Waals surface area contributed by atoms with Crippen LogP contribution in [0.4, 0.5) is 0 Å². The summed E-state index contributed by atoms with van der Waals surface area (Å²) in [6.07, 6.45) is 0. The summed E-state index contributed by atoms with van der Waals surface area (Å²) in [4.78, 5) is 22.7. The molecule has 1 heterocycles. The lowest BCUT2D eigenvalue weighted by atomic mass is 10.1. The van der Waals surface area contributed by atoms with Crippen LogP contribution in [0.15, 0.2) is 34.9 Å². The lowest BCUT2D eigenvalue weighted by molar-refractivity contribution is -0.119. The summed E-state index contributed by atoms with van der Waals surface area (Å²) in [5.74, 6) is -0.181. The van der Waals surface area contributed by atoms with Gasteiger partial charge in [-0.1, -0.05) is 29.4 Å². The minimum Gasteiger partial charge on any atom is -0.352 e. The predicted molar refractivity (Wildman–Crippen MR) is 76.4 cm³/mol. The summed E-state index contributed by atoms with van der Waals surface area (Å²) >= 11 is 0. The molecule has 6 heteroatoms. The SMILES string of the molecule is CC(=O)NCc1cccc(CNC(=O)c2cc(C)no2)c1. The molecule has 2 N–H and O–H groups in total. The van der Waals surface area contributed by atoms with Crippen LogP contribution in [0.5, 0.6) is 0 Å². The van der Waals surface area contributed by atoms with Crippen molar-refractivity contribution in [2.75, 3.05) is 0 Å². The Bertz CT molecular complexity index is 649. The van der Waals surface area contributed by atoms with Gasteiger partial charge >= 0.3 is 0 Å². The highest BCUT2D eigenvalue weighted by Crippen LogP contribution is 2.06. The van der Waals surface area contributed by atoms with Crippen molar-refractivity contribution in [3.05, 3.63) is 52.9 Å². The predicted octanol–water partition coefficient (Wildman–Crippen LogP) is 1.55. The summed E-state index contributed by atoms with van der Waals surface area (Å²) in [6.45, 7) is 4.08. The Hall–Kier alpha value is -2.63. The fourth-order valence-corrected chi connectivity index (χ4v) is 1.82. The molecule has 110 valence electrons. The van der Waals surface area contributed by atoms with Crippen LogP contribution in [0.1, 0.15) is 34.3 Å². The van der Waals surface area contributed by atoms with Gasteiger partial charge in [-0.25, -0.2) is 0 Å². The zero-order valence-corrected chi connectivity index (χ0v) is 12.0. The number of nitrogens with one attached hydrogen (secondary N) is 2. The van der Waals surface area contributed by atoms with E-state index in [1.165, 1.54) is 6.92 Å². The largest absolute Gasteiger partial charge is 0.352 e. The second-order valence-electron chi connectivity index (χ2n) is 4.74. The smallest absolute Gasteiger partial charge is 0.290 e. The molecule has 2 rings (SSSR count). The quantitative estimate of drug-likeness (QED) is 0.874. The third-order valence-corrected chi connectivity index (χ3v) is 2.84. The number of hydrogen-bond acceptors (Lipinski definition) is 4. The molecule has 0 aliphatic heterocycles. The van der Waals surface area contributed by atoms with Gasteiger partial charge in [-0.05, 0) is 18.1 Å². The number of carbonyl (C=O) groups excluding carboxylic acids is 2. The number of amides is 2. The van der Waals surface area contributed by atoms with Crippen LogP contribution in [0.25, 0.3) is 0 Å². The first-order valence-electron chi connectivity index (χ1n) is 6.58. The molecule has 0 saturated carbocycles. The van der Waals surface area contributed by atoms with Crippen LogP contribution >= 0.6 is 0 Å². The van der Waals surface area contributed by atoms with E-state index in [1.807, 2.05) is 24.3 Å². The van der Waals surface area contributed by atoms with Crippen molar-refractivity contribution in [3.63, 3.8) is 0 Å². The molecular formula is C15H17N3O3. The van der Waals surface area contributed by atoms with Crippen molar-refractivity contribution in [2.24, 2.45) is 0 Å². The van der Waals surface area contributed by atoms with Crippen molar-refractivity contribution >= 4 is 11.8 Å². The molecule has 0 fully saturated rings. The van der Waals surface area contributed by atoms with Crippen LogP contribution in [0, 0.1) is 6.92 Å². The lowest BCUT2D eigenvalue weighted by Crippen LogP contribution is -2.22. The van der Waals surface area contributed by atoms with Gasteiger partial charge in [0.15, 0.2) is 0 Å². The van der Waals surface area contributed by atoms with Crippen molar-refractivity contribution in [3.8, 4) is 0 Å². The van der Waals surface area contributed by atoms with Crippen LogP contribution in [-0.4, -0.2) is 17.0 Å². The highest BCUT2D eigenvalue weighted by atomic mass is 16.5. The molecule has 6 nitrogen and oxygen atoms in total. The van der Waals surface area contributed by atoms with E-state index in [0.29, 0.717) is 18.8 Å². The molecule has 0 bridgehead atoms. The van der Waals surface area contributed by atoms with E-state index in [2.05, 4.69) is 15.8 Å². The highest BCUT2D eigenvalue weighted by Gasteiger charge is 2.10. The molecule has 0 unspecified atom stereocenters. The zero-order valence-electron chi connectivity index (χ0n) is 12.0. The highest BCUT2D eigenvalue weighted by molar-refractivity contribution is 5.91. The topological polar surface area (TPSA) is 84.2 Å². The number of benzene rings is 1. The molecule has 21 heavy (non-hydrogen) atoms. The normalized spacial score (nSPS) is 10.2. The number of hydrogen-bond donors (Lipinski definition) is 2. The maximum atomic E-state index is 11.8. The zero-order chi connectivity index (χ0) is 15.2. The summed E-state index contributed by atoms with van der Waals surface area (Å²) in [5, 5.41) is 9.17. The Morgan fingerprint density at radius 1 is 1.14 bits per heavy atom. The van der Waals surface area contributed by atoms with Crippen molar-refractivity contribution in [1.82, 2.24) is 15.8 Å². The van der Waals surface area contributed by atoms with E-state index in [-0.39, 0.29) is 17.6 Å². The van der Waals surface area contributed by atoms with Crippen LogP contribution in [0.3, 0.4) is 0 Å². The van der Waals surface area contributed by atoms with Gasteiger partial charge in [0.2, 0.25) is 11.7 Å². The number of rotatable bonds is 5. The molecule has 2 amide bonds. The van der Waals surface area contributed by atoms with Gasteiger partial charge in [0.1, 0.15) is 0 Å². The Balaban J connectivity index is 1.92. The first-order valence-corrected chi connectivity index (χ1v) is 6.58. The van der Waals surface area contributed by atoms with E-state index in [4.69, 9.17) is 4.52 Å². The van der Waals surface area contributed by atoms with Crippen molar-refractivity contribution < 1.29 is 14.1 Å². The van der Waals surface area contributed by atoms with Gasteiger partial charge < -0.3 is 15.2 Å². The van der Waals surface area contributed by atoms with Gasteiger partial charge in [-0.3, -0.25) is 9.59 Å². The van der Waals surface area contributed by atoms with Crippen molar-refractivity contribution in [1.29, 1.82) is 0 Å². The van der Waals surface area contributed by atoms with Crippen LogP contribution in [0.2, 0.25) is 0 Å². The summed E-state index contributed by atoms with van der Waals surface area (Å²) in [6, 6.07) is 9.23. The molecule has 2 aromatic rings. The van der Waals surface area contributed by atoms with Gasteiger partial charge in [0, 0.05) is 26.1 Å². The molecule has 0 aliphatic carbocycles. The van der Waals surface area contributed by atoms with Gasteiger partial charge in [0.05, 0.1) is 5.69 Å². The average Bonchev–Trinajstić information content (AvgIpc) is 2.90. The van der Waals surface area contributed by atoms with Gasteiger partial charge in [-0.15, -0.1) is 0 Å². The second kappa shape index (κ2) is 6.69. The standard InChI is InChI=1S/C15H17N3O3/c1-10-6-14(21-18-10)15(20)17-9-13-5-3-4-12(7-13)8-16-11(2)19/h3-7H,8-9H2,1-2H3,(H,16,19)(H,17,20). The summed E-state index contributed by atoms with van der Waals surface area (Å²) < 4.78 is 4.89. The van der Waals surface area contributed by atoms with E-state index in [1.54, 1.807) is 13.0 Å². The summed E-state index contributed by atoms with van der Waals surface area (Å²) in [7, 11) is 0. The maximum absolute atomic E-state index is 11.8. The number of carbonyl (C=O) groups is 2. The number of aromatic nitrogens is 1. The molecule has 0 aliphatic rings.